The van der Waals surface area contributed by atoms with Crippen LogP contribution in [0.1, 0.15) is 103 Å². The molecule has 1 aliphatic heterocycles. The molecule has 0 radical (unpaired) electrons. The lowest BCUT2D eigenvalue weighted by molar-refractivity contribution is 0.0891. The summed E-state index contributed by atoms with van der Waals surface area (Å²) in [5.41, 5.74) is 6.61. The van der Waals surface area contributed by atoms with Crippen LogP contribution in [-0.4, -0.2) is 23.4 Å². The monoisotopic (exact) mass is 702 g/mol. The minimum atomic E-state index is -0.309. The number of benzene rings is 8. The molecule has 0 saturated carbocycles. The lowest BCUT2D eigenvalue weighted by atomic mass is 9.83. The maximum Gasteiger partial charge on any atom is 0.266 e. The summed E-state index contributed by atoms with van der Waals surface area (Å²) in [6.45, 7) is 8.36. The second-order valence-electron chi connectivity index (χ2n) is 15.1. The highest BCUT2D eigenvalue weighted by Crippen LogP contribution is 2.47. The third-order valence-electron chi connectivity index (χ3n) is 11.4. The molecule has 0 bridgehead atoms. The molecular weight excluding hydrogens is 669 g/mol. The Morgan fingerprint density at radius 2 is 0.944 bits per heavy atom. The number of amides is 2. The van der Waals surface area contributed by atoms with Crippen molar-refractivity contribution in [3.05, 3.63) is 160 Å². The van der Waals surface area contributed by atoms with Gasteiger partial charge in [-0.15, -0.1) is 0 Å². The number of rotatable bonds is 5. The van der Waals surface area contributed by atoms with Crippen LogP contribution in [0.4, 0.5) is 17.1 Å². The Balaban J connectivity index is 1.15. The SMILES string of the molecule is CC(C)c1cccc(C(C)C)c1N1C(=O)c2ccc3c4cccc5c(Nc6cccc7c6C(=O)c6ccccc6C7=O)ccc(c6ccc(c2c36)C1=O)c54. The van der Waals surface area contributed by atoms with Gasteiger partial charge in [0.1, 0.15) is 0 Å². The molecule has 10 rings (SSSR count). The standard InChI is InChI=1S/C48H34N2O4/c1-24(2)26-12-7-13-27(25(3)4)44(26)50-47(53)36-20-18-30-28-14-8-15-34-38(23-22-29(40(28)34)31-19-21-37(48(50)54)42(36)41(30)31)49-39-17-9-16-35-43(39)46(52)33-11-6-5-10-32(33)45(35)51/h5-25,49H,1-4H3. The molecule has 260 valence electrons. The van der Waals surface area contributed by atoms with Gasteiger partial charge in [-0.1, -0.05) is 119 Å². The van der Waals surface area contributed by atoms with E-state index in [0.717, 1.165) is 54.5 Å². The first kappa shape index (κ1) is 32.0. The number of fused-ring (bicyclic) bond motifs is 4. The van der Waals surface area contributed by atoms with Gasteiger partial charge in [-0.25, -0.2) is 4.90 Å². The summed E-state index contributed by atoms with van der Waals surface area (Å²) in [6.07, 6.45) is 0. The number of carbonyl (C=O) groups is 4. The molecule has 8 aromatic carbocycles. The van der Waals surface area contributed by atoms with E-state index in [-0.39, 0.29) is 35.2 Å². The van der Waals surface area contributed by atoms with Crippen LogP contribution in [0.5, 0.6) is 0 Å². The van der Waals surface area contributed by atoms with E-state index in [2.05, 4.69) is 51.2 Å². The van der Waals surface area contributed by atoms with Crippen molar-refractivity contribution in [1.82, 2.24) is 0 Å². The smallest absolute Gasteiger partial charge is 0.266 e. The van der Waals surface area contributed by atoms with Crippen molar-refractivity contribution in [3.8, 4) is 0 Å². The number of hydrogen-bond donors (Lipinski definition) is 1. The number of carbonyl (C=O) groups excluding carboxylic acids is 4. The van der Waals surface area contributed by atoms with E-state index in [1.807, 2.05) is 60.7 Å². The van der Waals surface area contributed by atoms with Gasteiger partial charge in [0.2, 0.25) is 0 Å². The average molecular weight is 703 g/mol. The van der Waals surface area contributed by atoms with E-state index in [1.165, 1.54) is 4.90 Å². The van der Waals surface area contributed by atoms with Crippen molar-refractivity contribution in [2.24, 2.45) is 0 Å². The van der Waals surface area contributed by atoms with Crippen LogP contribution in [0.2, 0.25) is 0 Å². The molecule has 8 aromatic rings. The Morgan fingerprint density at radius 1 is 0.426 bits per heavy atom. The van der Waals surface area contributed by atoms with Gasteiger partial charge in [-0.05, 0) is 79.5 Å². The second-order valence-corrected chi connectivity index (χ2v) is 15.1. The Morgan fingerprint density at radius 3 is 1.59 bits per heavy atom. The summed E-state index contributed by atoms with van der Waals surface area (Å²) in [5, 5.41) is 11.0. The van der Waals surface area contributed by atoms with E-state index in [1.54, 1.807) is 36.4 Å². The van der Waals surface area contributed by atoms with Crippen LogP contribution in [0.15, 0.2) is 115 Å². The third kappa shape index (κ3) is 4.22. The molecule has 1 N–H and O–H groups in total. The molecule has 54 heavy (non-hydrogen) atoms. The predicted octanol–water partition coefficient (Wildman–Crippen LogP) is 11.3. The van der Waals surface area contributed by atoms with E-state index < -0.39 is 0 Å². The van der Waals surface area contributed by atoms with E-state index >= 15 is 0 Å². The lowest BCUT2D eigenvalue weighted by Crippen LogP contribution is -2.41. The van der Waals surface area contributed by atoms with Gasteiger partial charge in [0.15, 0.2) is 11.6 Å². The highest BCUT2D eigenvalue weighted by Gasteiger charge is 2.38. The van der Waals surface area contributed by atoms with E-state index in [0.29, 0.717) is 50.1 Å². The quantitative estimate of drug-likeness (QED) is 0.110. The first-order valence-corrected chi connectivity index (χ1v) is 18.4. The minimum Gasteiger partial charge on any atom is -0.354 e. The van der Waals surface area contributed by atoms with Crippen molar-refractivity contribution in [1.29, 1.82) is 0 Å². The Kier molecular flexibility index (Phi) is 6.77. The van der Waals surface area contributed by atoms with Crippen molar-refractivity contribution in [3.63, 3.8) is 0 Å². The number of ketones is 2. The number of imide groups is 1. The van der Waals surface area contributed by atoms with Gasteiger partial charge < -0.3 is 5.32 Å². The molecule has 6 nitrogen and oxygen atoms in total. The molecule has 1 heterocycles. The molecule has 0 fully saturated rings. The molecule has 6 heteroatoms. The fraction of sp³-hybridized carbons (Fsp3) is 0.125. The number of anilines is 3. The van der Waals surface area contributed by atoms with Crippen molar-refractivity contribution >= 4 is 83.5 Å². The highest BCUT2D eigenvalue weighted by atomic mass is 16.2. The van der Waals surface area contributed by atoms with Crippen molar-refractivity contribution in [2.75, 3.05) is 10.2 Å². The maximum absolute atomic E-state index is 14.6. The topological polar surface area (TPSA) is 83.6 Å². The van der Waals surface area contributed by atoms with Gasteiger partial charge in [0.05, 0.1) is 16.9 Å². The lowest BCUT2D eigenvalue weighted by Gasteiger charge is -2.32. The summed E-state index contributed by atoms with van der Waals surface area (Å²) in [7, 11) is 0. The molecule has 0 unspecified atom stereocenters. The molecular formula is C48H34N2O4. The average Bonchev–Trinajstić information content (AvgIpc) is 3.18. The first-order chi connectivity index (χ1) is 26.2. The first-order valence-electron chi connectivity index (χ1n) is 18.4. The van der Waals surface area contributed by atoms with Gasteiger partial charge in [-0.3, -0.25) is 19.2 Å². The summed E-state index contributed by atoms with van der Waals surface area (Å²) in [5.74, 6) is -0.746. The summed E-state index contributed by atoms with van der Waals surface area (Å²) in [4.78, 5) is 57.9. The molecule has 0 aromatic heterocycles. The van der Waals surface area contributed by atoms with Crippen molar-refractivity contribution < 1.29 is 19.2 Å². The van der Waals surface area contributed by atoms with Crippen molar-refractivity contribution in [2.45, 2.75) is 39.5 Å². The molecule has 0 saturated heterocycles. The maximum atomic E-state index is 14.6. The Labute approximate surface area is 311 Å². The number of nitrogens with one attached hydrogen (secondary N) is 1. The summed E-state index contributed by atoms with van der Waals surface area (Å²) >= 11 is 0. The fourth-order valence-corrected chi connectivity index (χ4v) is 8.97. The molecule has 1 aliphatic carbocycles. The molecule has 0 spiro atoms. The third-order valence-corrected chi connectivity index (χ3v) is 11.4. The zero-order valence-corrected chi connectivity index (χ0v) is 30.2. The van der Waals surface area contributed by atoms with Crippen LogP contribution in [0, 0.1) is 0 Å². The summed E-state index contributed by atoms with van der Waals surface area (Å²) in [6, 6.07) is 36.4. The minimum absolute atomic E-state index is 0.111. The van der Waals surface area contributed by atoms with Gasteiger partial charge in [-0.2, -0.15) is 0 Å². The normalized spacial score (nSPS) is 14.0. The highest BCUT2D eigenvalue weighted by molar-refractivity contribution is 6.43. The number of para-hydroxylation sites is 1. The Bertz CT molecular complexity index is 2910. The summed E-state index contributed by atoms with van der Waals surface area (Å²) < 4.78 is 0. The number of nitrogens with zero attached hydrogens (tertiary/aromatic N) is 1. The van der Waals surface area contributed by atoms with Crippen LogP contribution >= 0.6 is 0 Å². The van der Waals surface area contributed by atoms with Gasteiger partial charge in [0.25, 0.3) is 11.8 Å². The zero-order valence-electron chi connectivity index (χ0n) is 30.2. The van der Waals surface area contributed by atoms with Gasteiger partial charge in [0, 0.05) is 44.3 Å². The number of hydrogen-bond acceptors (Lipinski definition) is 5. The van der Waals surface area contributed by atoms with Crippen LogP contribution in [0.3, 0.4) is 0 Å². The van der Waals surface area contributed by atoms with E-state index in [4.69, 9.17) is 0 Å². The second kappa shape index (κ2) is 11.4. The molecule has 0 atom stereocenters. The largest absolute Gasteiger partial charge is 0.354 e. The zero-order chi connectivity index (χ0) is 37.2. The van der Waals surface area contributed by atoms with Gasteiger partial charge >= 0.3 is 0 Å². The predicted molar refractivity (Wildman–Crippen MR) is 216 cm³/mol. The fourth-order valence-electron chi connectivity index (χ4n) is 8.97. The Hall–Kier alpha value is -6.66. The molecule has 2 aliphatic rings. The van der Waals surface area contributed by atoms with Crippen LogP contribution < -0.4 is 10.2 Å². The van der Waals surface area contributed by atoms with Crippen LogP contribution in [-0.2, 0) is 0 Å². The van der Waals surface area contributed by atoms with Crippen LogP contribution in [0.25, 0.3) is 43.1 Å². The molecule has 2 amide bonds. The van der Waals surface area contributed by atoms with E-state index in [9.17, 15) is 19.2 Å².